The monoisotopic (exact) mass is 447 g/mol. The van der Waals surface area contributed by atoms with Crippen LogP contribution in [0, 0.1) is 11.6 Å². The van der Waals surface area contributed by atoms with E-state index in [4.69, 9.17) is 16.3 Å². The lowest BCUT2D eigenvalue weighted by Gasteiger charge is -2.11. The van der Waals surface area contributed by atoms with Crippen LogP contribution in [0.1, 0.15) is 0 Å². The lowest BCUT2D eigenvalue weighted by molar-refractivity contribution is 0.446. The zero-order valence-electron chi connectivity index (χ0n) is 15.0. The summed E-state index contributed by atoms with van der Waals surface area (Å²) in [4.78, 5) is 7.46. The molecule has 0 saturated carbocycles. The number of rotatable bonds is 5. The fraction of sp³-hybridized carbons (Fsp3) is 0. The van der Waals surface area contributed by atoms with E-state index >= 15 is 0 Å². The average molecular weight is 448 g/mol. The fourth-order valence-corrected chi connectivity index (χ4v) is 3.98. The summed E-state index contributed by atoms with van der Waals surface area (Å²) in [6.07, 6.45) is 2.79. The second-order valence-electron chi connectivity index (χ2n) is 6.16. The summed E-state index contributed by atoms with van der Waals surface area (Å²) in [7, 11) is -4.32. The Morgan fingerprint density at radius 2 is 1.70 bits per heavy atom. The van der Waals surface area contributed by atoms with Crippen LogP contribution in [-0.2, 0) is 10.0 Å². The number of aromatic nitrogens is 2. The molecular weight excluding hydrogens is 436 g/mol. The quantitative estimate of drug-likeness (QED) is 0.457. The zero-order valence-corrected chi connectivity index (χ0v) is 16.6. The Morgan fingerprint density at radius 1 is 0.933 bits per heavy atom. The Bertz CT molecular complexity index is 1370. The number of nitrogens with one attached hydrogen (secondary N) is 1. The predicted molar refractivity (Wildman–Crippen MR) is 108 cm³/mol. The number of sulfonamides is 1. The number of hydrogen-bond donors (Lipinski definition) is 1. The van der Waals surface area contributed by atoms with E-state index in [9.17, 15) is 17.2 Å². The van der Waals surface area contributed by atoms with E-state index in [-0.39, 0.29) is 22.5 Å². The minimum atomic E-state index is -4.32. The molecule has 0 bridgehead atoms. The number of pyridine rings is 2. The molecule has 4 rings (SSSR count). The maximum absolute atomic E-state index is 13.8. The van der Waals surface area contributed by atoms with E-state index < -0.39 is 26.6 Å². The Kier molecular flexibility index (Phi) is 5.23. The summed E-state index contributed by atoms with van der Waals surface area (Å²) in [5.74, 6) is -1.84. The van der Waals surface area contributed by atoms with Crippen LogP contribution in [0.15, 0.2) is 71.9 Å². The summed E-state index contributed by atoms with van der Waals surface area (Å²) in [6, 6.07) is 12.7. The van der Waals surface area contributed by atoms with Crippen molar-refractivity contribution in [3.8, 4) is 11.8 Å². The van der Waals surface area contributed by atoms with E-state index in [1.54, 1.807) is 12.3 Å². The van der Waals surface area contributed by atoms with Gasteiger partial charge in [-0.15, -0.1) is 0 Å². The topological polar surface area (TPSA) is 81.2 Å². The van der Waals surface area contributed by atoms with Crippen LogP contribution in [0.25, 0.3) is 10.8 Å². The van der Waals surface area contributed by atoms with Crippen LogP contribution in [0.4, 0.5) is 14.5 Å². The molecule has 0 aliphatic heterocycles. The van der Waals surface area contributed by atoms with Crippen molar-refractivity contribution in [1.82, 2.24) is 9.97 Å². The second-order valence-corrected chi connectivity index (χ2v) is 8.22. The molecule has 0 saturated heterocycles. The van der Waals surface area contributed by atoms with Gasteiger partial charge in [-0.2, -0.15) is 0 Å². The van der Waals surface area contributed by atoms with E-state index in [1.165, 1.54) is 6.07 Å². The maximum Gasteiger partial charge on any atom is 0.264 e. The molecule has 10 heteroatoms. The van der Waals surface area contributed by atoms with Crippen molar-refractivity contribution < 1.29 is 21.9 Å². The van der Waals surface area contributed by atoms with E-state index in [0.717, 1.165) is 29.1 Å². The molecule has 0 atom stereocenters. The summed E-state index contributed by atoms with van der Waals surface area (Å²) < 4.78 is 59.3. The van der Waals surface area contributed by atoms with Gasteiger partial charge < -0.3 is 4.74 Å². The van der Waals surface area contributed by atoms with Gasteiger partial charge >= 0.3 is 0 Å². The van der Waals surface area contributed by atoms with Crippen LogP contribution in [0.2, 0.25) is 5.02 Å². The Balaban J connectivity index is 1.56. The van der Waals surface area contributed by atoms with Gasteiger partial charge in [0.25, 0.3) is 10.0 Å². The summed E-state index contributed by atoms with van der Waals surface area (Å²) >= 11 is 6.15. The molecule has 2 aromatic heterocycles. The number of nitrogens with zero attached hydrogens (tertiary/aromatic N) is 2. The van der Waals surface area contributed by atoms with Crippen molar-refractivity contribution in [3.05, 3.63) is 83.6 Å². The van der Waals surface area contributed by atoms with Crippen LogP contribution < -0.4 is 9.46 Å². The number of benzene rings is 2. The summed E-state index contributed by atoms with van der Waals surface area (Å²) in [5.41, 5.74) is -0.0254. The molecule has 2 aromatic carbocycles. The van der Waals surface area contributed by atoms with Crippen LogP contribution >= 0.6 is 11.6 Å². The third-order valence-electron chi connectivity index (χ3n) is 4.05. The molecule has 152 valence electrons. The maximum atomic E-state index is 13.8. The van der Waals surface area contributed by atoms with Crippen molar-refractivity contribution in [3.63, 3.8) is 0 Å². The highest BCUT2D eigenvalue weighted by molar-refractivity contribution is 7.92. The number of anilines is 1. The van der Waals surface area contributed by atoms with Gasteiger partial charge in [0, 0.05) is 23.7 Å². The van der Waals surface area contributed by atoms with Gasteiger partial charge in [-0.3, -0.25) is 4.72 Å². The molecular formula is C20H12ClF2N3O3S. The van der Waals surface area contributed by atoms with E-state index in [2.05, 4.69) is 14.7 Å². The van der Waals surface area contributed by atoms with Crippen LogP contribution in [0.3, 0.4) is 0 Å². The lowest BCUT2D eigenvalue weighted by atomic mass is 10.2. The van der Waals surface area contributed by atoms with Gasteiger partial charge in [0.05, 0.1) is 11.9 Å². The van der Waals surface area contributed by atoms with Crippen molar-refractivity contribution in [2.75, 3.05) is 4.72 Å². The van der Waals surface area contributed by atoms with Crippen LogP contribution in [0.5, 0.6) is 11.8 Å². The number of fused-ring (bicyclic) bond motifs is 1. The van der Waals surface area contributed by atoms with Gasteiger partial charge in [0.15, 0.2) is 0 Å². The van der Waals surface area contributed by atoms with Crippen molar-refractivity contribution in [1.29, 1.82) is 0 Å². The van der Waals surface area contributed by atoms with Gasteiger partial charge in [-0.05, 0) is 23.6 Å². The molecule has 0 unspecified atom stereocenters. The predicted octanol–water partition coefficient (Wildman–Crippen LogP) is 5.15. The number of halogens is 3. The third-order valence-corrected chi connectivity index (χ3v) is 5.74. The van der Waals surface area contributed by atoms with Gasteiger partial charge in [0.2, 0.25) is 11.8 Å². The standard InChI is InChI=1S/C20H12ClF2N3O3S/c21-16-9-15(26-30(27,28)18-6-5-14(22)8-17(18)23)11-25-20(16)29-19-7-12-3-1-2-4-13(12)10-24-19/h1-11,26H. The van der Waals surface area contributed by atoms with Crippen molar-refractivity contribution in [2.24, 2.45) is 0 Å². The highest BCUT2D eigenvalue weighted by Crippen LogP contribution is 2.30. The lowest BCUT2D eigenvalue weighted by Crippen LogP contribution is -2.15. The largest absolute Gasteiger partial charge is 0.419 e. The van der Waals surface area contributed by atoms with E-state index in [0.29, 0.717) is 6.07 Å². The molecule has 30 heavy (non-hydrogen) atoms. The molecule has 0 fully saturated rings. The molecule has 0 radical (unpaired) electrons. The van der Waals surface area contributed by atoms with Gasteiger partial charge in [-0.1, -0.05) is 35.9 Å². The molecule has 0 aliphatic rings. The average Bonchev–Trinajstić information content (AvgIpc) is 2.69. The Hall–Kier alpha value is -3.30. The molecule has 6 nitrogen and oxygen atoms in total. The summed E-state index contributed by atoms with van der Waals surface area (Å²) in [6.45, 7) is 0. The van der Waals surface area contributed by atoms with E-state index in [1.807, 2.05) is 24.3 Å². The smallest absolute Gasteiger partial charge is 0.264 e. The highest BCUT2D eigenvalue weighted by Gasteiger charge is 2.20. The van der Waals surface area contributed by atoms with Crippen molar-refractivity contribution >= 4 is 38.1 Å². The van der Waals surface area contributed by atoms with Gasteiger partial charge in [-0.25, -0.2) is 27.2 Å². The fourth-order valence-electron chi connectivity index (χ4n) is 2.68. The molecule has 0 aliphatic carbocycles. The van der Waals surface area contributed by atoms with Crippen molar-refractivity contribution in [2.45, 2.75) is 4.90 Å². The molecule has 1 N–H and O–H groups in total. The zero-order chi connectivity index (χ0) is 21.3. The first-order valence-corrected chi connectivity index (χ1v) is 10.3. The second kappa shape index (κ2) is 7.85. The first kappa shape index (κ1) is 20.0. The molecule has 2 heterocycles. The third kappa shape index (κ3) is 4.17. The number of ether oxygens (including phenoxy) is 1. The minimum Gasteiger partial charge on any atom is -0.419 e. The molecule has 0 amide bonds. The van der Waals surface area contributed by atoms with Crippen LogP contribution in [-0.4, -0.2) is 18.4 Å². The highest BCUT2D eigenvalue weighted by atomic mass is 35.5. The first-order chi connectivity index (χ1) is 14.3. The number of hydrogen-bond acceptors (Lipinski definition) is 5. The molecule has 4 aromatic rings. The SMILES string of the molecule is O=S(=O)(Nc1cnc(Oc2cc3ccccc3cn2)c(Cl)c1)c1ccc(F)cc1F. The Morgan fingerprint density at radius 3 is 2.43 bits per heavy atom. The Labute approximate surface area is 175 Å². The molecule has 0 spiro atoms. The minimum absolute atomic E-state index is 0.00439. The van der Waals surface area contributed by atoms with Gasteiger partial charge in [0.1, 0.15) is 21.6 Å². The first-order valence-electron chi connectivity index (χ1n) is 8.48. The normalized spacial score (nSPS) is 11.4. The summed E-state index contributed by atoms with van der Waals surface area (Å²) in [5, 5.41) is 1.84.